The summed E-state index contributed by atoms with van der Waals surface area (Å²) in [6, 6.07) is 14.1. The van der Waals surface area contributed by atoms with Crippen molar-refractivity contribution in [2.45, 2.75) is 6.92 Å². The molecule has 3 aromatic rings. The third-order valence-electron chi connectivity index (χ3n) is 5.15. The molecule has 29 heavy (non-hydrogen) atoms. The van der Waals surface area contributed by atoms with Crippen LogP contribution in [0, 0.1) is 5.82 Å². The summed E-state index contributed by atoms with van der Waals surface area (Å²) in [6.45, 7) is 3.40. The number of imidazole rings is 1. The molecular weight excluding hydrogens is 371 g/mol. The quantitative estimate of drug-likeness (QED) is 0.640. The van der Waals surface area contributed by atoms with E-state index in [1.807, 2.05) is 35.2 Å². The molecule has 0 radical (unpaired) electrons. The molecule has 1 aliphatic rings. The Kier molecular flexibility index (Phi) is 5.12. The number of carbonyl (C=O) groups excluding carboxylic acids is 2. The lowest BCUT2D eigenvalue weighted by molar-refractivity contribution is 0.0738. The number of carbonyl (C=O) groups is 2. The van der Waals surface area contributed by atoms with Gasteiger partial charge in [-0.05, 0) is 37.3 Å². The van der Waals surface area contributed by atoms with Crippen LogP contribution >= 0.6 is 0 Å². The molecule has 7 heteroatoms. The first kappa shape index (κ1) is 18.9. The second-order valence-corrected chi connectivity index (χ2v) is 6.99. The van der Waals surface area contributed by atoms with E-state index in [-0.39, 0.29) is 11.7 Å². The first-order valence-electron chi connectivity index (χ1n) is 9.47. The van der Waals surface area contributed by atoms with Crippen molar-refractivity contribution in [2.75, 3.05) is 31.1 Å². The van der Waals surface area contributed by atoms with Crippen molar-refractivity contribution in [1.29, 1.82) is 0 Å². The van der Waals surface area contributed by atoms with Crippen LogP contribution in [0.3, 0.4) is 0 Å². The summed E-state index contributed by atoms with van der Waals surface area (Å²) in [4.78, 5) is 32.2. The lowest BCUT2D eigenvalue weighted by Crippen LogP contribution is -2.49. The van der Waals surface area contributed by atoms with Crippen LogP contribution in [-0.4, -0.2) is 52.3 Å². The Balaban J connectivity index is 1.46. The summed E-state index contributed by atoms with van der Waals surface area (Å²) in [6.07, 6.45) is 3.20. The first-order valence-corrected chi connectivity index (χ1v) is 9.47. The number of aromatic nitrogens is 2. The second-order valence-electron chi connectivity index (χ2n) is 6.99. The van der Waals surface area contributed by atoms with E-state index >= 15 is 0 Å². The number of hydrogen-bond donors (Lipinski definition) is 0. The van der Waals surface area contributed by atoms with Crippen molar-refractivity contribution in [3.63, 3.8) is 0 Å². The van der Waals surface area contributed by atoms with Gasteiger partial charge in [-0.2, -0.15) is 0 Å². The zero-order valence-corrected chi connectivity index (χ0v) is 16.1. The zero-order valence-electron chi connectivity index (χ0n) is 16.1. The molecule has 6 nitrogen and oxygen atoms in total. The number of piperazine rings is 1. The van der Waals surface area contributed by atoms with Gasteiger partial charge in [0.25, 0.3) is 5.91 Å². The summed E-state index contributed by atoms with van der Waals surface area (Å²) in [5.41, 5.74) is 2.19. The minimum atomic E-state index is -0.417. The molecule has 0 spiro atoms. The van der Waals surface area contributed by atoms with E-state index in [0.717, 1.165) is 5.69 Å². The van der Waals surface area contributed by atoms with Gasteiger partial charge in [0.05, 0.1) is 18.2 Å². The minimum Gasteiger partial charge on any atom is -0.366 e. The Bertz CT molecular complexity index is 1040. The van der Waals surface area contributed by atoms with E-state index in [1.165, 1.54) is 13.0 Å². The van der Waals surface area contributed by atoms with Gasteiger partial charge < -0.3 is 9.80 Å². The number of para-hydroxylation sites is 1. The Labute approximate surface area is 168 Å². The number of amides is 1. The van der Waals surface area contributed by atoms with Crippen LogP contribution in [0.1, 0.15) is 27.8 Å². The van der Waals surface area contributed by atoms with Gasteiger partial charge >= 0.3 is 0 Å². The molecule has 0 unspecified atom stereocenters. The number of Topliss-reactive ketones (excluding diaryl/α,β-unsaturated/α-hetero) is 1. The predicted octanol–water partition coefficient (Wildman–Crippen LogP) is 3.18. The smallest absolute Gasteiger partial charge is 0.272 e. The molecule has 4 rings (SSSR count). The molecule has 0 aliphatic carbocycles. The molecule has 0 N–H and O–H groups in total. The van der Waals surface area contributed by atoms with Crippen LogP contribution < -0.4 is 4.90 Å². The van der Waals surface area contributed by atoms with Crippen molar-refractivity contribution >= 4 is 17.4 Å². The molecule has 1 aromatic heterocycles. The number of hydrogen-bond acceptors (Lipinski definition) is 4. The van der Waals surface area contributed by atoms with E-state index in [1.54, 1.807) is 34.1 Å². The number of nitrogens with zero attached hydrogens (tertiary/aromatic N) is 4. The van der Waals surface area contributed by atoms with Crippen LogP contribution in [-0.2, 0) is 0 Å². The van der Waals surface area contributed by atoms with Gasteiger partial charge in [0.1, 0.15) is 11.5 Å². The number of halogens is 1. The fraction of sp³-hybridized carbons (Fsp3) is 0.227. The Morgan fingerprint density at radius 2 is 1.72 bits per heavy atom. The number of anilines is 1. The van der Waals surface area contributed by atoms with Crippen LogP contribution in [0.25, 0.3) is 5.69 Å². The first-order chi connectivity index (χ1) is 14.0. The maximum atomic E-state index is 14.4. The third kappa shape index (κ3) is 3.76. The van der Waals surface area contributed by atoms with Crippen molar-refractivity contribution in [3.8, 4) is 5.69 Å². The van der Waals surface area contributed by atoms with E-state index in [0.29, 0.717) is 43.1 Å². The molecule has 0 saturated carbocycles. The topological polar surface area (TPSA) is 58.4 Å². The fourth-order valence-corrected chi connectivity index (χ4v) is 3.54. The summed E-state index contributed by atoms with van der Waals surface area (Å²) in [7, 11) is 0. The highest BCUT2D eigenvalue weighted by Crippen LogP contribution is 2.23. The monoisotopic (exact) mass is 392 g/mol. The summed E-state index contributed by atoms with van der Waals surface area (Å²) >= 11 is 0. The van der Waals surface area contributed by atoms with Gasteiger partial charge in [-0.1, -0.05) is 18.2 Å². The molecular formula is C22H21FN4O2. The zero-order chi connectivity index (χ0) is 20.4. The summed E-state index contributed by atoms with van der Waals surface area (Å²) in [5, 5.41) is 0. The highest BCUT2D eigenvalue weighted by molar-refractivity contribution is 5.94. The van der Waals surface area contributed by atoms with Crippen LogP contribution in [0.15, 0.2) is 61.1 Å². The fourth-order valence-electron chi connectivity index (χ4n) is 3.54. The van der Waals surface area contributed by atoms with Crippen molar-refractivity contribution in [1.82, 2.24) is 14.5 Å². The molecule has 1 aliphatic heterocycles. The maximum absolute atomic E-state index is 14.4. The van der Waals surface area contributed by atoms with Gasteiger partial charge in [0, 0.05) is 37.4 Å². The molecule has 1 amide bonds. The molecule has 1 saturated heterocycles. The van der Waals surface area contributed by atoms with E-state index in [2.05, 4.69) is 4.98 Å². The Morgan fingerprint density at radius 3 is 2.38 bits per heavy atom. The standard InChI is InChI=1S/C22H21FN4O2/c1-16(28)17-7-8-20(19(23)13-17)25-9-11-26(12-10-25)22(29)21-14-24-15-27(21)18-5-3-2-4-6-18/h2-8,13-15H,9-12H2,1H3. The maximum Gasteiger partial charge on any atom is 0.272 e. The molecule has 2 aromatic carbocycles. The predicted molar refractivity (Wildman–Crippen MR) is 108 cm³/mol. The SMILES string of the molecule is CC(=O)c1ccc(N2CCN(C(=O)c3cncn3-c3ccccc3)CC2)c(F)c1. The van der Waals surface area contributed by atoms with Crippen LogP contribution in [0.2, 0.25) is 0 Å². The van der Waals surface area contributed by atoms with Crippen LogP contribution in [0.4, 0.5) is 10.1 Å². The second kappa shape index (κ2) is 7.87. The number of ketones is 1. The van der Waals surface area contributed by atoms with Gasteiger partial charge in [0.2, 0.25) is 0 Å². The molecule has 2 heterocycles. The van der Waals surface area contributed by atoms with Crippen LogP contribution in [0.5, 0.6) is 0 Å². The normalized spacial score (nSPS) is 14.1. The number of benzene rings is 2. The summed E-state index contributed by atoms with van der Waals surface area (Å²) in [5.74, 6) is -0.682. The Hall–Kier alpha value is -3.48. The van der Waals surface area contributed by atoms with E-state index in [9.17, 15) is 14.0 Å². The Morgan fingerprint density at radius 1 is 1.00 bits per heavy atom. The van der Waals surface area contributed by atoms with Gasteiger partial charge in [-0.3, -0.25) is 14.2 Å². The van der Waals surface area contributed by atoms with Crippen molar-refractivity contribution in [2.24, 2.45) is 0 Å². The molecule has 148 valence electrons. The lowest BCUT2D eigenvalue weighted by atomic mass is 10.1. The van der Waals surface area contributed by atoms with Gasteiger partial charge in [-0.25, -0.2) is 9.37 Å². The molecule has 1 fully saturated rings. The van der Waals surface area contributed by atoms with Crippen molar-refractivity contribution in [3.05, 3.63) is 78.1 Å². The largest absolute Gasteiger partial charge is 0.366 e. The van der Waals surface area contributed by atoms with E-state index < -0.39 is 5.82 Å². The summed E-state index contributed by atoms with van der Waals surface area (Å²) < 4.78 is 16.2. The average Bonchev–Trinajstić information content (AvgIpc) is 3.24. The number of rotatable bonds is 4. The lowest BCUT2D eigenvalue weighted by Gasteiger charge is -2.36. The highest BCUT2D eigenvalue weighted by atomic mass is 19.1. The van der Waals surface area contributed by atoms with Gasteiger partial charge in [-0.15, -0.1) is 0 Å². The van der Waals surface area contributed by atoms with Crippen molar-refractivity contribution < 1.29 is 14.0 Å². The minimum absolute atomic E-state index is 0.0987. The molecule has 0 bridgehead atoms. The molecule has 0 atom stereocenters. The van der Waals surface area contributed by atoms with Gasteiger partial charge in [0.15, 0.2) is 5.78 Å². The average molecular weight is 392 g/mol. The third-order valence-corrected chi connectivity index (χ3v) is 5.15. The highest BCUT2D eigenvalue weighted by Gasteiger charge is 2.26. The van der Waals surface area contributed by atoms with E-state index in [4.69, 9.17) is 0 Å².